The average Bonchev–Trinajstić information content (AvgIpc) is 2.78. The quantitative estimate of drug-likeness (QED) is 0.610. The number of amides is 2. The van der Waals surface area contributed by atoms with Gasteiger partial charge < -0.3 is 19.9 Å². The Morgan fingerprint density at radius 1 is 1.06 bits per heavy atom. The topological polar surface area (TPSA) is 61.9 Å². The minimum atomic E-state index is -0.246. The van der Waals surface area contributed by atoms with Crippen molar-refractivity contribution in [3.05, 3.63) is 53.1 Å². The monoisotopic (exact) mass is 457 g/mol. The fraction of sp³-hybridized carbons (Fsp3) is 0.440. The van der Waals surface area contributed by atoms with Crippen molar-refractivity contribution in [2.24, 2.45) is 0 Å². The highest BCUT2D eigenvalue weighted by atomic mass is 35.5. The molecule has 2 aromatic carbocycles. The van der Waals surface area contributed by atoms with Crippen LogP contribution in [0.25, 0.3) is 0 Å². The number of hydrogen-bond donors (Lipinski definition) is 1. The third-order valence-electron chi connectivity index (χ3n) is 5.59. The second-order valence-corrected chi connectivity index (χ2v) is 8.75. The SMILES string of the molecule is CCCC(=O)N1CCN(c2ccc(NC(=O)COc3ccc(C(C)C)cc3)cc2Cl)CC1. The molecule has 32 heavy (non-hydrogen) atoms. The lowest BCUT2D eigenvalue weighted by Crippen LogP contribution is -2.48. The van der Waals surface area contributed by atoms with Gasteiger partial charge in [-0.05, 0) is 48.2 Å². The molecule has 0 unspecified atom stereocenters. The van der Waals surface area contributed by atoms with Crippen LogP contribution >= 0.6 is 11.6 Å². The standard InChI is InChI=1S/C25H32ClN3O3/c1-4-5-25(31)29-14-12-28(13-15-29)23-11-8-20(16-22(23)26)27-24(30)17-32-21-9-6-19(7-10-21)18(2)3/h6-11,16,18H,4-5,12-15,17H2,1-3H3,(H,27,30). The summed E-state index contributed by atoms with van der Waals surface area (Å²) in [6, 6.07) is 13.3. The Kier molecular flexibility index (Phi) is 8.39. The lowest BCUT2D eigenvalue weighted by Gasteiger charge is -2.36. The second kappa shape index (κ2) is 11.2. The van der Waals surface area contributed by atoms with Crippen LogP contribution in [0.15, 0.2) is 42.5 Å². The maximum Gasteiger partial charge on any atom is 0.262 e. The molecule has 1 heterocycles. The second-order valence-electron chi connectivity index (χ2n) is 8.34. The number of nitrogens with one attached hydrogen (secondary N) is 1. The van der Waals surface area contributed by atoms with Gasteiger partial charge in [0.15, 0.2) is 6.61 Å². The van der Waals surface area contributed by atoms with Crippen molar-refractivity contribution in [3.8, 4) is 5.75 Å². The molecule has 0 spiro atoms. The fourth-order valence-corrected chi connectivity index (χ4v) is 4.00. The van der Waals surface area contributed by atoms with Crippen molar-refractivity contribution in [1.82, 2.24) is 4.90 Å². The highest BCUT2D eigenvalue weighted by Gasteiger charge is 2.22. The van der Waals surface area contributed by atoms with Gasteiger partial charge in [-0.25, -0.2) is 0 Å². The highest BCUT2D eigenvalue weighted by Crippen LogP contribution is 2.30. The smallest absolute Gasteiger partial charge is 0.262 e. The molecule has 7 heteroatoms. The molecule has 0 aromatic heterocycles. The fourth-order valence-electron chi connectivity index (χ4n) is 3.70. The summed E-state index contributed by atoms with van der Waals surface area (Å²) in [6.45, 7) is 9.09. The first-order valence-electron chi connectivity index (χ1n) is 11.2. The number of benzene rings is 2. The predicted molar refractivity (Wildman–Crippen MR) is 130 cm³/mol. The largest absolute Gasteiger partial charge is 0.484 e. The molecule has 172 valence electrons. The summed E-state index contributed by atoms with van der Waals surface area (Å²) >= 11 is 6.50. The van der Waals surface area contributed by atoms with E-state index in [0.717, 1.165) is 25.2 Å². The number of piperazine rings is 1. The number of carbonyl (C=O) groups excluding carboxylic acids is 2. The normalized spacial score (nSPS) is 13.9. The van der Waals surface area contributed by atoms with Gasteiger partial charge in [0.05, 0.1) is 10.7 Å². The Morgan fingerprint density at radius 3 is 2.34 bits per heavy atom. The molecule has 6 nitrogen and oxygen atoms in total. The van der Waals surface area contributed by atoms with E-state index in [1.165, 1.54) is 5.56 Å². The van der Waals surface area contributed by atoms with E-state index in [9.17, 15) is 9.59 Å². The Morgan fingerprint density at radius 2 is 1.75 bits per heavy atom. The predicted octanol–water partition coefficient (Wildman–Crippen LogP) is 4.93. The summed E-state index contributed by atoms with van der Waals surface area (Å²) in [6.07, 6.45) is 1.47. The summed E-state index contributed by atoms with van der Waals surface area (Å²) < 4.78 is 5.59. The van der Waals surface area contributed by atoms with E-state index in [0.29, 0.717) is 41.9 Å². The van der Waals surface area contributed by atoms with Crippen LogP contribution in [0.3, 0.4) is 0 Å². The molecule has 0 bridgehead atoms. The molecule has 0 aliphatic carbocycles. The average molecular weight is 458 g/mol. The molecule has 1 fully saturated rings. The van der Waals surface area contributed by atoms with Crippen LogP contribution < -0.4 is 15.0 Å². The Hall–Kier alpha value is -2.73. The van der Waals surface area contributed by atoms with Gasteiger partial charge in [-0.3, -0.25) is 9.59 Å². The molecule has 1 aliphatic heterocycles. The minimum Gasteiger partial charge on any atom is -0.484 e. The Labute approximate surface area is 195 Å². The maximum atomic E-state index is 12.3. The highest BCUT2D eigenvalue weighted by molar-refractivity contribution is 6.33. The first-order chi connectivity index (χ1) is 15.4. The van der Waals surface area contributed by atoms with Gasteiger partial charge in [-0.2, -0.15) is 0 Å². The van der Waals surface area contributed by atoms with E-state index < -0.39 is 0 Å². The van der Waals surface area contributed by atoms with Crippen molar-refractivity contribution in [3.63, 3.8) is 0 Å². The van der Waals surface area contributed by atoms with Crippen LogP contribution in [-0.4, -0.2) is 49.5 Å². The molecule has 3 rings (SSSR count). The molecule has 0 saturated carbocycles. The molecule has 0 atom stereocenters. The summed E-state index contributed by atoms with van der Waals surface area (Å²) in [5.74, 6) is 1.08. The number of anilines is 2. The third-order valence-corrected chi connectivity index (χ3v) is 5.89. The Bertz CT molecular complexity index is 923. The third kappa shape index (κ3) is 6.39. The van der Waals surface area contributed by atoms with Crippen molar-refractivity contribution < 1.29 is 14.3 Å². The molecular weight excluding hydrogens is 426 g/mol. The molecule has 2 amide bonds. The molecule has 1 aliphatic rings. The minimum absolute atomic E-state index is 0.0753. The lowest BCUT2D eigenvalue weighted by molar-refractivity contribution is -0.131. The van der Waals surface area contributed by atoms with Crippen molar-refractivity contribution in [1.29, 1.82) is 0 Å². The van der Waals surface area contributed by atoms with Gasteiger partial charge in [0.1, 0.15) is 5.75 Å². The number of halogens is 1. The van der Waals surface area contributed by atoms with Gasteiger partial charge >= 0.3 is 0 Å². The van der Waals surface area contributed by atoms with Crippen LogP contribution in [0.2, 0.25) is 5.02 Å². The lowest BCUT2D eigenvalue weighted by atomic mass is 10.0. The summed E-state index contributed by atoms with van der Waals surface area (Å²) in [5.41, 5.74) is 2.76. The van der Waals surface area contributed by atoms with E-state index in [4.69, 9.17) is 16.3 Å². The number of hydrogen-bond acceptors (Lipinski definition) is 4. The Balaban J connectivity index is 1.50. The summed E-state index contributed by atoms with van der Waals surface area (Å²) in [5, 5.41) is 3.40. The van der Waals surface area contributed by atoms with Gasteiger partial charge in [-0.1, -0.05) is 44.5 Å². The number of rotatable bonds is 8. The zero-order valence-corrected chi connectivity index (χ0v) is 19.8. The van der Waals surface area contributed by atoms with Crippen molar-refractivity contribution in [2.75, 3.05) is 43.0 Å². The van der Waals surface area contributed by atoms with Crippen LogP contribution in [-0.2, 0) is 9.59 Å². The van der Waals surface area contributed by atoms with Gasteiger partial charge in [0, 0.05) is 38.3 Å². The van der Waals surface area contributed by atoms with Gasteiger partial charge in [0.2, 0.25) is 5.91 Å². The van der Waals surface area contributed by atoms with Gasteiger partial charge in [-0.15, -0.1) is 0 Å². The molecular formula is C25H32ClN3O3. The van der Waals surface area contributed by atoms with E-state index >= 15 is 0 Å². The maximum absolute atomic E-state index is 12.3. The van der Waals surface area contributed by atoms with E-state index in [1.807, 2.05) is 48.2 Å². The number of nitrogens with zero attached hydrogens (tertiary/aromatic N) is 2. The zero-order chi connectivity index (χ0) is 23.1. The van der Waals surface area contributed by atoms with E-state index in [1.54, 1.807) is 6.07 Å². The molecule has 1 saturated heterocycles. The molecule has 1 N–H and O–H groups in total. The summed E-state index contributed by atoms with van der Waals surface area (Å²) in [4.78, 5) is 28.4. The van der Waals surface area contributed by atoms with Gasteiger partial charge in [0.25, 0.3) is 5.91 Å². The summed E-state index contributed by atoms with van der Waals surface area (Å²) in [7, 11) is 0. The molecule has 2 aromatic rings. The number of ether oxygens (including phenoxy) is 1. The van der Waals surface area contributed by atoms with Crippen molar-refractivity contribution in [2.45, 2.75) is 39.5 Å². The first-order valence-corrected chi connectivity index (χ1v) is 11.6. The number of carbonyl (C=O) groups is 2. The zero-order valence-electron chi connectivity index (χ0n) is 19.1. The van der Waals surface area contributed by atoms with E-state index in [-0.39, 0.29) is 18.4 Å². The van der Waals surface area contributed by atoms with E-state index in [2.05, 4.69) is 24.1 Å². The van der Waals surface area contributed by atoms with Crippen LogP contribution in [0.4, 0.5) is 11.4 Å². The first kappa shape index (κ1) is 23.9. The van der Waals surface area contributed by atoms with Crippen molar-refractivity contribution >= 4 is 34.8 Å². The molecule has 0 radical (unpaired) electrons. The van der Waals surface area contributed by atoms with Crippen LogP contribution in [0, 0.1) is 0 Å². The van der Waals surface area contributed by atoms with Crippen LogP contribution in [0.5, 0.6) is 5.75 Å². The van der Waals surface area contributed by atoms with Crippen LogP contribution in [0.1, 0.15) is 45.1 Å².